The summed E-state index contributed by atoms with van der Waals surface area (Å²) in [7, 11) is 0. The fourth-order valence-electron chi connectivity index (χ4n) is 1.96. The van der Waals surface area contributed by atoms with E-state index in [9.17, 15) is 4.79 Å². The van der Waals surface area contributed by atoms with Crippen LogP contribution in [0.2, 0.25) is 0 Å². The van der Waals surface area contributed by atoms with E-state index in [0.717, 1.165) is 31.6 Å². The van der Waals surface area contributed by atoms with Crippen molar-refractivity contribution in [1.29, 1.82) is 0 Å². The number of esters is 1. The van der Waals surface area contributed by atoms with E-state index >= 15 is 0 Å². The van der Waals surface area contributed by atoms with Gasteiger partial charge in [0, 0.05) is 6.42 Å². The van der Waals surface area contributed by atoms with Gasteiger partial charge < -0.3 is 10.5 Å². The molecule has 0 aromatic rings. The number of nitrogens with two attached hydrogens (primary N) is 1. The maximum atomic E-state index is 11.6. The van der Waals surface area contributed by atoms with E-state index in [2.05, 4.69) is 0 Å². The Labute approximate surface area is 105 Å². The lowest BCUT2D eigenvalue weighted by Gasteiger charge is -2.25. The summed E-state index contributed by atoms with van der Waals surface area (Å²) in [6.45, 7) is 4.75. The first kappa shape index (κ1) is 14.5. The number of unbranched alkanes of at least 4 members (excludes halogenated alkanes) is 2. The van der Waals surface area contributed by atoms with E-state index in [4.69, 9.17) is 10.5 Å². The lowest BCUT2D eigenvalue weighted by atomic mass is 10.0. The highest BCUT2D eigenvalue weighted by Gasteiger charge is 2.28. The summed E-state index contributed by atoms with van der Waals surface area (Å²) < 4.78 is 5.53. The predicted molar refractivity (Wildman–Crippen MR) is 69.7 cm³/mol. The molecule has 17 heavy (non-hydrogen) atoms. The van der Waals surface area contributed by atoms with E-state index in [1.54, 1.807) is 0 Å². The number of hydrogen-bond acceptors (Lipinski definition) is 3. The topological polar surface area (TPSA) is 52.3 Å². The summed E-state index contributed by atoms with van der Waals surface area (Å²) in [5.41, 5.74) is 5.12. The van der Waals surface area contributed by atoms with Crippen molar-refractivity contribution in [2.75, 3.05) is 6.54 Å². The summed E-state index contributed by atoms with van der Waals surface area (Å²) in [5, 5.41) is 0. The average molecular weight is 241 g/mol. The van der Waals surface area contributed by atoms with Gasteiger partial charge in [-0.25, -0.2) is 0 Å². The van der Waals surface area contributed by atoms with Crippen molar-refractivity contribution < 1.29 is 9.53 Å². The molecule has 1 saturated carbocycles. The fraction of sp³-hybridized carbons (Fsp3) is 0.929. The van der Waals surface area contributed by atoms with Crippen molar-refractivity contribution in [3.63, 3.8) is 0 Å². The van der Waals surface area contributed by atoms with Crippen LogP contribution in [-0.2, 0) is 9.53 Å². The monoisotopic (exact) mass is 241 g/mol. The third-order valence-electron chi connectivity index (χ3n) is 3.33. The molecule has 0 unspecified atom stereocenters. The maximum absolute atomic E-state index is 11.6. The lowest BCUT2D eigenvalue weighted by molar-refractivity contribution is -0.157. The molecule has 0 amide bonds. The Hall–Kier alpha value is -0.570. The van der Waals surface area contributed by atoms with Crippen LogP contribution in [0, 0.1) is 5.92 Å². The highest BCUT2D eigenvalue weighted by atomic mass is 16.6. The minimum atomic E-state index is -0.284. The van der Waals surface area contributed by atoms with Gasteiger partial charge in [-0.1, -0.05) is 19.3 Å². The molecule has 1 fully saturated rings. The Morgan fingerprint density at radius 1 is 1.29 bits per heavy atom. The van der Waals surface area contributed by atoms with Gasteiger partial charge in [0.1, 0.15) is 5.60 Å². The molecule has 0 aliphatic heterocycles. The Morgan fingerprint density at radius 2 is 2.00 bits per heavy atom. The van der Waals surface area contributed by atoms with Gasteiger partial charge in [-0.15, -0.1) is 0 Å². The van der Waals surface area contributed by atoms with Crippen LogP contribution >= 0.6 is 0 Å². The quantitative estimate of drug-likeness (QED) is 0.498. The van der Waals surface area contributed by atoms with Crippen molar-refractivity contribution in [3.8, 4) is 0 Å². The Bertz CT molecular complexity index is 234. The molecule has 1 rings (SSSR count). The second-order valence-corrected chi connectivity index (χ2v) is 5.82. The Balaban J connectivity index is 2.09. The molecule has 2 N–H and O–H groups in total. The predicted octanol–water partition coefficient (Wildman–Crippen LogP) is 3.02. The van der Waals surface area contributed by atoms with Crippen molar-refractivity contribution in [3.05, 3.63) is 0 Å². The molecule has 100 valence electrons. The van der Waals surface area contributed by atoms with Crippen LogP contribution in [0.3, 0.4) is 0 Å². The van der Waals surface area contributed by atoms with Crippen LogP contribution in [0.5, 0.6) is 0 Å². The van der Waals surface area contributed by atoms with Crippen LogP contribution < -0.4 is 5.73 Å². The standard InChI is InChI=1S/C14H27NO2/c1-14(2,10-9-12-7-8-12)17-13(16)6-4-3-5-11-15/h12H,3-11,15H2,1-2H3. The smallest absolute Gasteiger partial charge is 0.306 e. The van der Waals surface area contributed by atoms with Gasteiger partial charge in [0.15, 0.2) is 0 Å². The van der Waals surface area contributed by atoms with Gasteiger partial charge in [0.2, 0.25) is 0 Å². The van der Waals surface area contributed by atoms with Crippen LogP contribution in [0.15, 0.2) is 0 Å². The average Bonchev–Trinajstić information content (AvgIpc) is 3.05. The number of rotatable bonds is 9. The third-order valence-corrected chi connectivity index (χ3v) is 3.33. The highest BCUT2D eigenvalue weighted by Crippen LogP contribution is 2.36. The molecule has 0 radical (unpaired) electrons. The second-order valence-electron chi connectivity index (χ2n) is 5.82. The van der Waals surface area contributed by atoms with E-state index < -0.39 is 0 Å². The van der Waals surface area contributed by atoms with Crippen LogP contribution in [0.4, 0.5) is 0 Å². The highest BCUT2D eigenvalue weighted by molar-refractivity contribution is 5.69. The minimum absolute atomic E-state index is 0.0529. The van der Waals surface area contributed by atoms with Crippen molar-refractivity contribution in [2.24, 2.45) is 11.7 Å². The van der Waals surface area contributed by atoms with Gasteiger partial charge in [-0.05, 0) is 52.0 Å². The van der Waals surface area contributed by atoms with E-state index in [1.165, 1.54) is 19.3 Å². The zero-order valence-corrected chi connectivity index (χ0v) is 11.3. The molecule has 1 aliphatic carbocycles. The van der Waals surface area contributed by atoms with E-state index in [0.29, 0.717) is 13.0 Å². The van der Waals surface area contributed by atoms with Gasteiger partial charge in [0.25, 0.3) is 0 Å². The summed E-state index contributed by atoms with van der Waals surface area (Å²) in [4.78, 5) is 11.6. The first-order chi connectivity index (χ1) is 8.03. The first-order valence-electron chi connectivity index (χ1n) is 6.95. The minimum Gasteiger partial charge on any atom is -0.460 e. The fourth-order valence-corrected chi connectivity index (χ4v) is 1.96. The Kier molecular flexibility index (Phi) is 5.96. The van der Waals surface area contributed by atoms with Crippen LogP contribution in [0.1, 0.15) is 65.2 Å². The van der Waals surface area contributed by atoms with Crippen LogP contribution in [-0.4, -0.2) is 18.1 Å². The number of ether oxygens (including phenoxy) is 1. The summed E-state index contributed by atoms with van der Waals surface area (Å²) >= 11 is 0. The molecule has 0 spiro atoms. The van der Waals surface area contributed by atoms with E-state index in [-0.39, 0.29) is 11.6 Å². The largest absolute Gasteiger partial charge is 0.460 e. The zero-order chi connectivity index (χ0) is 12.7. The number of carbonyl (C=O) groups is 1. The molecular weight excluding hydrogens is 214 g/mol. The molecule has 0 aromatic heterocycles. The SMILES string of the molecule is CC(C)(CCC1CC1)OC(=O)CCCCCN. The van der Waals surface area contributed by atoms with Crippen molar-refractivity contribution in [1.82, 2.24) is 0 Å². The molecule has 0 heterocycles. The van der Waals surface area contributed by atoms with Gasteiger partial charge in [-0.3, -0.25) is 4.79 Å². The molecule has 0 atom stereocenters. The lowest BCUT2D eigenvalue weighted by Crippen LogP contribution is -2.28. The van der Waals surface area contributed by atoms with E-state index in [1.807, 2.05) is 13.8 Å². The molecule has 0 saturated heterocycles. The molecule has 1 aliphatic rings. The number of hydrogen-bond donors (Lipinski definition) is 1. The number of carbonyl (C=O) groups excluding carboxylic acids is 1. The first-order valence-corrected chi connectivity index (χ1v) is 6.95. The molecule has 3 heteroatoms. The van der Waals surface area contributed by atoms with Gasteiger partial charge >= 0.3 is 5.97 Å². The summed E-state index contributed by atoms with van der Waals surface area (Å²) in [5.74, 6) is 0.848. The van der Waals surface area contributed by atoms with Crippen molar-refractivity contribution >= 4 is 5.97 Å². The molecule has 0 aromatic carbocycles. The zero-order valence-electron chi connectivity index (χ0n) is 11.3. The van der Waals surface area contributed by atoms with Gasteiger partial charge in [-0.2, -0.15) is 0 Å². The second kappa shape index (κ2) is 7.00. The summed E-state index contributed by atoms with van der Waals surface area (Å²) in [6, 6.07) is 0. The normalized spacial score (nSPS) is 15.9. The van der Waals surface area contributed by atoms with Crippen LogP contribution in [0.25, 0.3) is 0 Å². The van der Waals surface area contributed by atoms with Crippen molar-refractivity contribution in [2.45, 2.75) is 70.8 Å². The maximum Gasteiger partial charge on any atom is 0.306 e. The molecule has 3 nitrogen and oxygen atoms in total. The summed E-state index contributed by atoms with van der Waals surface area (Å²) in [6.07, 6.45) is 8.37. The molecular formula is C14H27NO2. The Morgan fingerprint density at radius 3 is 2.59 bits per heavy atom. The van der Waals surface area contributed by atoms with Gasteiger partial charge in [0.05, 0.1) is 0 Å². The third kappa shape index (κ3) is 7.37. The molecule has 0 bridgehead atoms.